The van der Waals surface area contributed by atoms with Gasteiger partial charge in [-0.1, -0.05) is 17.3 Å². The molecule has 1 aromatic carbocycles. The summed E-state index contributed by atoms with van der Waals surface area (Å²) in [5.74, 6) is -0.193. The fraction of sp³-hybridized carbons (Fsp3) is 0.400. The molecule has 3 aromatic rings. The number of nitrogens with one attached hydrogen (secondary N) is 2. The molecule has 1 aliphatic heterocycles. The highest BCUT2D eigenvalue weighted by Gasteiger charge is 2.23. The number of carbonyl (C=O) groups excluding carboxylic acids is 1. The average molecular weight is 379 g/mol. The van der Waals surface area contributed by atoms with Gasteiger partial charge in [-0.2, -0.15) is 5.10 Å². The first-order valence-corrected chi connectivity index (χ1v) is 9.67. The van der Waals surface area contributed by atoms with E-state index in [0.717, 1.165) is 42.9 Å². The maximum absolute atomic E-state index is 12.7. The monoisotopic (exact) mass is 379 g/mol. The van der Waals surface area contributed by atoms with Gasteiger partial charge in [-0.15, -0.1) is 5.10 Å². The Morgan fingerprint density at radius 1 is 1.25 bits per heavy atom. The van der Waals surface area contributed by atoms with Crippen molar-refractivity contribution in [3.05, 3.63) is 59.7 Å². The van der Waals surface area contributed by atoms with Crippen molar-refractivity contribution in [1.29, 1.82) is 0 Å². The van der Waals surface area contributed by atoms with Crippen molar-refractivity contribution < 1.29 is 4.79 Å². The normalized spacial score (nSPS) is 16.1. The van der Waals surface area contributed by atoms with Gasteiger partial charge >= 0.3 is 0 Å². The Morgan fingerprint density at radius 2 is 2.00 bits per heavy atom. The van der Waals surface area contributed by atoms with Crippen LogP contribution in [-0.2, 0) is 0 Å². The Hall–Kier alpha value is -3.00. The molecule has 0 bridgehead atoms. The SMILES string of the molecule is Cc1c(C(=O)NC(C)c2ccc(-n3cccn3)cc2)nnn1C1CCNCC1. The van der Waals surface area contributed by atoms with Crippen molar-refractivity contribution in [2.24, 2.45) is 0 Å². The Balaban J connectivity index is 1.44. The van der Waals surface area contributed by atoms with Crippen molar-refractivity contribution >= 4 is 5.91 Å². The molecule has 0 aliphatic carbocycles. The van der Waals surface area contributed by atoms with E-state index in [2.05, 4.69) is 26.0 Å². The van der Waals surface area contributed by atoms with Crippen LogP contribution >= 0.6 is 0 Å². The quantitative estimate of drug-likeness (QED) is 0.709. The standard InChI is InChI=1S/C20H25N7O/c1-14(16-4-6-17(7-5-16)26-13-3-10-22-26)23-20(28)19-15(2)27(25-24-19)18-8-11-21-12-9-18/h3-7,10,13-14,18,21H,8-9,11-12H2,1-2H3,(H,23,28). The van der Waals surface area contributed by atoms with Crippen LogP contribution in [0.1, 0.15) is 53.6 Å². The number of piperidine rings is 1. The lowest BCUT2D eigenvalue weighted by molar-refractivity contribution is 0.0934. The van der Waals surface area contributed by atoms with Crippen molar-refractivity contribution in [1.82, 2.24) is 35.4 Å². The van der Waals surface area contributed by atoms with Gasteiger partial charge in [0.1, 0.15) is 0 Å². The third-order valence-corrected chi connectivity index (χ3v) is 5.31. The van der Waals surface area contributed by atoms with Crippen molar-refractivity contribution in [2.45, 2.75) is 38.8 Å². The van der Waals surface area contributed by atoms with E-state index in [1.54, 1.807) is 10.9 Å². The van der Waals surface area contributed by atoms with Gasteiger partial charge in [0.05, 0.1) is 23.5 Å². The summed E-state index contributed by atoms with van der Waals surface area (Å²) in [6, 6.07) is 10.0. The van der Waals surface area contributed by atoms with Crippen LogP contribution in [0.15, 0.2) is 42.7 Å². The molecule has 0 spiro atoms. The minimum absolute atomic E-state index is 0.136. The van der Waals surface area contributed by atoms with E-state index in [-0.39, 0.29) is 11.9 Å². The summed E-state index contributed by atoms with van der Waals surface area (Å²) in [6.07, 6.45) is 5.65. The molecule has 1 aliphatic rings. The Labute approximate surface area is 163 Å². The summed E-state index contributed by atoms with van der Waals surface area (Å²) < 4.78 is 3.70. The highest BCUT2D eigenvalue weighted by molar-refractivity contribution is 5.93. The van der Waals surface area contributed by atoms with Crippen LogP contribution < -0.4 is 10.6 Å². The Kier molecular flexibility index (Phi) is 5.21. The van der Waals surface area contributed by atoms with Gasteiger partial charge in [-0.25, -0.2) is 9.36 Å². The first-order valence-electron chi connectivity index (χ1n) is 9.67. The highest BCUT2D eigenvalue weighted by Crippen LogP contribution is 2.21. The fourth-order valence-corrected chi connectivity index (χ4v) is 3.63. The van der Waals surface area contributed by atoms with Crippen molar-refractivity contribution in [3.8, 4) is 5.69 Å². The second-order valence-electron chi connectivity index (χ2n) is 7.19. The molecule has 1 unspecified atom stereocenters. The molecule has 1 amide bonds. The van der Waals surface area contributed by atoms with Gasteiger partial charge in [0, 0.05) is 12.4 Å². The zero-order valence-corrected chi connectivity index (χ0v) is 16.2. The molecule has 0 radical (unpaired) electrons. The number of hydrogen-bond donors (Lipinski definition) is 2. The van der Waals surface area contributed by atoms with E-state index in [1.807, 2.05) is 55.1 Å². The van der Waals surface area contributed by atoms with Crippen LogP contribution in [0.5, 0.6) is 0 Å². The summed E-state index contributed by atoms with van der Waals surface area (Å²) in [5.41, 5.74) is 3.23. The van der Waals surface area contributed by atoms with E-state index in [0.29, 0.717) is 11.7 Å². The first-order chi connectivity index (χ1) is 13.6. The molecule has 8 nitrogen and oxygen atoms in total. The van der Waals surface area contributed by atoms with E-state index in [9.17, 15) is 4.79 Å². The number of hydrogen-bond acceptors (Lipinski definition) is 5. The number of carbonyl (C=O) groups is 1. The maximum Gasteiger partial charge on any atom is 0.274 e. The van der Waals surface area contributed by atoms with Gasteiger partial charge in [0.15, 0.2) is 5.69 Å². The number of amides is 1. The lowest BCUT2D eigenvalue weighted by atomic mass is 10.1. The highest BCUT2D eigenvalue weighted by atomic mass is 16.2. The second kappa shape index (κ2) is 7.93. The van der Waals surface area contributed by atoms with Gasteiger partial charge in [0.25, 0.3) is 5.91 Å². The molecule has 0 saturated carbocycles. The maximum atomic E-state index is 12.7. The Bertz CT molecular complexity index is 924. The number of aromatic nitrogens is 5. The van der Waals surface area contributed by atoms with Crippen LogP contribution in [0.2, 0.25) is 0 Å². The average Bonchev–Trinajstić information content (AvgIpc) is 3.39. The number of nitrogens with zero attached hydrogens (tertiary/aromatic N) is 5. The molecule has 2 aromatic heterocycles. The van der Waals surface area contributed by atoms with Crippen LogP contribution in [0.25, 0.3) is 5.69 Å². The van der Waals surface area contributed by atoms with Gasteiger partial charge < -0.3 is 10.6 Å². The predicted molar refractivity (Wildman–Crippen MR) is 105 cm³/mol. The van der Waals surface area contributed by atoms with E-state index < -0.39 is 0 Å². The molecule has 1 saturated heterocycles. The summed E-state index contributed by atoms with van der Waals surface area (Å²) in [4.78, 5) is 12.7. The third-order valence-electron chi connectivity index (χ3n) is 5.31. The Morgan fingerprint density at radius 3 is 2.68 bits per heavy atom. The molecule has 2 N–H and O–H groups in total. The number of rotatable bonds is 5. The first kappa shape index (κ1) is 18.4. The molecule has 1 fully saturated rings. The molecular weight excluding hydrogens is 354 g/mol. The van der Waals surface area contributed by atoms with Crippen molar-refractivity contribution in [2.75, 3.05) is 13.1 Å². The van der Waals surface area contributed by atoms with E-state index in [4.69, 9.17) is 0 Å². The molecule has 28 heavy (non-hydrogen) atoms. The summed E-state index contributed by atoms with van der Waals surface area (Å²) in [6.45, 7) is 5.82. The molecular formula is C20H25N7O. The lowest BCUT2D eigenvalue weighted by Crippen LogP contribution is -2.31. The van der Waals surface area contributed by atoms with Crippen LogP contribution in [-0.4, -0.2) is 43.8 Å². The predicted octanol–water partition coefficient (Wildman–Crippen LogP) is 2.19. The zero-order chi connectivity index (χ0) is 19.5. The smallest absolute Gasteiger partial charge is 0.274 e. The minimum Gasteiger partial charge on any atom is -0.344 e. The van der Waals surface area contributed by atoms with Crippen LogP contribution in [0, 0.1) is 6.92 Å². The second-order valence-corrected chi connectivity index (χ2v) is 7.19. The van der Waals surface area contributed by atoms with Crippen LogP contribution in [0.3, 0.4) is 0 Å². The largest absolute Gasteiger partial charge is 0.344 e. The third kappa shape index (κ3) is 3.68. The number of benzene rings is 1. The summed E-state index contributed by atoms with van der Waals surface area (Å²) >= 11 is 0. The van der Waals surface area contributed by atoms with Gasteiger partial charge in [-0.05, 0) is 63.5 Å². The molecule has 3 heterocycles. The molecule has 146 valence electrons. The molecule has 8 heteroatoms. The van der Waals surface area contributed by atoms with E-state index >= 15 is 0 Å². The van der Waals surface area contributed by atoms with Crippen molar-refractivity contribution in [3.63, 3.8) is 0 Å². The topological polar surface area (TPSA) is 89.7 Å². The summed E-state index contributed by atoms with van der Waals surface area (Å²) in [5, 5.41) is 19.0. The van der Waals surface area contributed by atoms with E-state index in [1.165, 1.54) is 0 Å². The fourth-order valence-electron chi connectivity index (χ4n) is 3.63. The molecule has 4 rings (SSSR count). The molecule has 1 atom stereocenters. The van der Waals surface area contributed by atoms with Crippen LogP contribution in [0.4, 0.5) is 0 Å². The zero-order valence-electron chi connectivity index (χ0n) is 16.2. The van der Waals surface area contributed by atoms with Gasteiger partial charge in [0.2, 0.25) is 0 Å². The minimum atomic E-state index is -0.193. The van der Waals surface area contributed by atoms with Gasteiger partial charge in [-0.3, -0.25) is 4.79 Å². The lowest BCUT2D eigenvalue weighted by Gasteiger charge is -2.23. The summed E-state index contributed by atoms with van der Waals surface area (Å²) in [7, 11) is 0.